The maximum absolute atomic E-state index is 11.7. The van der Waals surface area contributed by atoms with Crippen LogP contribution in [0.5, 0.6) is 0 Å². The van der Waals surface area contributed by atoms with Crippen LogP contribution in [0.25, 0.3) is 0 Å². The molecule has 1 amide bonds. The monoisotopic (exact) mass is 252 g/mol. The van der Waals surface area contributed by atoms with E-state index in [1.165, 1.54) is 0 Å². The summed E-state index contributed by atoms with van der Waals surface area (Å²) in [5.74, 6) is -0.103. The average Bonchev–Trinajstić information content (AvgIpc) is 2.42. The zero-order chi connectivity index (χ0) is 13.2. The predicted octanol–water partition coefficient (Wildman–Crippen LogP) is 0.538. The lowest BCUT2D eigenvalue weighted by Gasteiger charge is -2.06. The summed E-state index contributed by atoms with van der Waals surface area (Å²) in [6.07, 6.45) is 0. The number of hydrogen-bond donors (Lipinski definition) is 2. The van der Waals surface area contributed by atoms with Gasteiger partial charge < -0.3 is 20.5 Å². The molecular formula is C13H20N2O3. The SMILES string of the molecule is COCCOCCNC(=O)c1ccc(CN)cc1. The molecule has 0 atom stereocenters. The number of carbonyl (C=O) groups is 1. The highest BCUT2D eigenvalue weighted by Crippen LogP contribution is 2.03. The van der Waals surface area contributed by atoms with Crippen LogP contribution in [-0.2, 0) is 16.0 Å². The van der Waals surface area contributed by atoms with Crippen molar-refractivity contribution in [3.63, 3.8) is 0 Å². The van der Waals surface area contributed by atoms with Crippen molar-refractivity contribution in [2.45, 2.75) is 6.54 Å². The Morgan fingerprint density at radius 2 is 1.94 bits per heavy atom. The van der Waals surface area contributed by atoms with Crippen LogP contribution >= 0.6 is 0 Å². The third-order valence-corrected chi connectivity index (χ3v) is 2.42. The molecule has 0 fully saturated rings. The van der Waals surface area contributed by atoms with Gasteiger partial charge in [0.2, 0.25) is 0 Å². The molecule has 0 aromatic heterocycles. The minimum atomic E-state index is -0.103. The van der Waals surface area contributed by atoms with Gasteiger partial charge in [0.15, 0.2) is 0 Å². The number of ether oxygens (including phenoxy) is 2. The number of nitrogens with two attached hydrogens (primary N) is 1. The van der Waals surface area contributed by atoms with E-state index in [9.17, 15) is 4.79 Å². The van der Waals surface area contributed by atoms with Crippen molar-refractivity contribution in [1.29, 1.82) is 0 Å². The van der Waals surface area contributed by atoms with Gasteiger partial charge in [-0.25, -0.2) is 0 Å². The van der Waals surface area contributed by atoms with Crippen molar-refractivity contribution >= 4 is 5.91 Å². The third-order valence-electron chi connectivity index (χ3n) is 2.42. The van der Waals surface area contributed by atoms with E-state index in [1.807, 2.05) is 12.1 Å². The van der Waals surface area contributed by atoms with Gasteiger partial charge >= 0.3 is 0 Å². The van der Waals surface area contributed by atoms with Crippen LogP contribution in [0.3, 0.4) is 0 Å². The first kappa shape index (κ1) is 14.6. The first-order valence-electron chi connectivity index (χ1n) is 5.92. The standard InChI is InChI=1S/C13H20N2O3/c1-17-8-9-18-7-6-15-13(16)12-4-2-11(10-14)3-5-12/h2-5H,6-10,14H2,1H3,(H,15,16). The van der Waals surface area contributed by atoms with E-state index in [0.29, 0.717) is 38.5 Å². The molecule has 0 radical (unpaired) electrons. The molecule has 18 heavy (non-hydrogen) atoms. The largest absolute Gasteiger partial charge is 0.382 e. The summed E-state index contributed by atoms with van der Waals surface area (Å²) in [5.41, 5.74) is 7.12. The Labute approximate surface area is 107 Å². The van der Waals surface area contributed by atoms with Crippen molar-refractivity contribution in [2.24, 2.45) is 5.73 Å². The molecular weight excluding hydrogens is 232 g/mol. The van der Waals surface area contributed by atoms with Gasteiger partial charge in [-0.05, 0) is 17.7 Å². The van der Waals surface area contributed by atoms with Gasteiger partial charge in [-0.1, -0.05) is 12.1 Å². The number of benzene rings is 1. The second-order valence-electron chi connectivity index (χ2n) is 3.76. The highest BCUT2D eigenvalue weighted by atomic mass is 16.5. The summed E-state index contributed by atoms with van der Waals surface area (Å²) in [7, 11) is 1.62. The molecule has 1 aromatic rings. The molecule has 0 bridgehead atoms. The molecule has 0 aliphatic heterocycles. The Kier molecular flexibility index (Phi) is 7.01. The van der Waals surface area contributed by atoms with E-state index in [4.69, 9.17) is 15.2 Å². The Hall–Kier alpha value is -1.43. The topological polar surface area (TPSA) is 73.6 Å². The number of carbonyl (C=O) groups excluding carboxylic acids is 1. The van der Waals surface area contributed by atoms with Gasteiger partial charge in [-0.2, -0.15) is 0 Å². The minimum absolute atomic E-state index is 0.103. The molecule has 1 rings (SSSR count). The summed E-state index contributed by atoms with van der Waals surface area (Å²) < 4.78 is 10.1. The molecule has 5 nitrogen and oxygen atoms in total. The summed E-state index contributed by atoms with van der Waals surface area (Å²) >= 11 is 0. The highest BCUT2D eigenvalue weighted by molar-refractivity contribution is 5.94. The smallest absolute Gasteiger partial charge is 0.251 e. The summed E-state index contributed by atoms with van der Waals surface area (Å²) in [6.45, 7) is 2.55. The fourth-order valence-corrected chi connectivity index (χ4v) is 1.38. The van der Waals surface area contributed by atoms with E-state index in [1.54, 1.807) is 19.2 Å². The molecule has 0 heterocycles. The maximum atomic E-state index is 11.7. The van der Waals surface area contributed by atoms with Gasteiger partial charge in [-0.15, -0.1) is 0 Å². The molecule has 0 spiro atoms. The molecule has 100 valence electrons. The first-order chi connectivity index (χ1) is 8.77. The fraction of sp³-hybridized carbons (Fsp3) is 0.462. The molecule has 0 saturated heterocycles. The van der Waals surface area contributed by atoms with Gasteiger partial charge in [0, 0.05) is 25.8 Å². The predicted molar refractivity (Wildman–Crippen MR) is 69.4 cm³/mol. The molecule has 0 aliphatic carbocycles. The Morgan fingerprint density at radius 1 is 1.22 bits per heavy atom. The summed E-state index contributed by atoms with van der Waals surface area (Å²) in [5, 5.41) is 2.78. The van der Waals surface area contributed by atoms with Crippen molar-refractivity contribution in [3.05, 3.63) is 35.4 Å². The zero-order valence-corrected chi connectivity index (χ0v) is 10.6. The van der Waals surface area contributed by atoms with Crippen LogP contribution in [0.15, 0.2) is 24.3 Å². The Morgan fingerprint density at radius 3 is 2.56 bits per heavy atom. The van der Waals surface area contributed by atoms with E-state index in [0.717, 1.165) is 5.56 Å². The first-order valence-corrected chi connectivity index (χ1v) is 5.92. The molecule has 5 heteroatoms. The van der Waals surface area contributed by atoms with Crippen LogP contribution < -0.4 is 11.1 Å². The molecule has 0 aliphatic rings. The Balaban J connectivity index is 2.23. The fourth-order valence-electron chi connectivity index (χ4n) is 1.38. The molecule has 0 unspecified atom stereocenters. The minimum Gasteiger partial charge on any atom is -0.382 e. The van der Waals surface area contributed by atoms with Crippen LogP contribution in [0, 0.1) is 0 Å². The summed E-state index contributed by atoms with van der Waals surface area (Å²) in [6, 6.07) is 7.24. The lowest BCUT2D eigenvalue weighted by atomic mass is 10.1. The van der Waals surface area contributed by atoms with Crippen LogP contribution in [0.1, 0.15) is 15.9 Å². The number of hydrogen-bond acceptors (Lipinski definition) is 4. The van der Waals surface area contributed by atoms with E-state index in [2.05, 4.69) is 5.32 Å². The van der Waals surface area contributed by atoms with Crippen molar-refractivity contribution in [3.8, 4) is 0 Å². The van der Waals surface area contributed by atoms with E-state index in [-0.39, 0.29) is 5.91 Å². The van der Waals surface area contributed by atoms with Gasteiger partial charge in [0.05, 0.1) is 19.8 Å². The van der Waals surface area contributed by atoms with Gasteiger partial charge in [0.1, 0.15) is 0 Å². The van der Waals surface area contributed by atoms with Crippen molar-refractivity contribution in [2.75, 3.05) is 33.5 Å². The summed E-state index contributed by atoms with van der Waals surface area (Å²) in [4.78, 5) is 11.7. The number of rotatable bonds is 8. The van der Waals surface area contributed by atoms with Crippen molar-refractivity contribution < 1.29 is 14.3 Å². The zero-order valence-electron chi connectivity index (χ0n) is 10.6. The van der Waals surface area contributed by atoms with Crippen LogP contribution in [-0.4, -0.2) is 39.4 Å². The normalized spacial score (nSPS) is 10.3. The number of nitrogens with one attached hydrogen (secondary N) is 1. The number of amides is 1. The maximum Gasteiger partial charge on any atom is 0.251 e. The molecule has 1 aromatic carbocycles. The average molecular weight is 252 g/mol. The van der Waals surface area contributed by atoms with Gasteiger partial charge in [0.25, 0.3) is 5.91 Å². The quantitative estimate of drug-likeness (QED) is 0.662. The Bertz CT molecular complexity index is 352. The molecule has 3 N–H and O–H groups in total. The lowest BCUT2D eigenvalue weighted by molar-refractivity contribution is 0.0692. The third kappa shape index (κ3) is 5.27. The highest BCUT2D eigenvalue weighted by Gasteiger charge is 2.03. The van der Waals surface area contributed by atoms with Crippen molar-refractivity contribution in [1.82, 2.24) is 5.32 Å². The second-order valence-corrected chi connectivity index (χ2v) is 3.76. The van der Waals surface area contributed by atoms with E-state index >= 15 is 0 Å². The van der Waals surface area contributed by atoms with Crippen LogP contribution in [0.4, 0.5) is 0 Å². The number of methoxy groups -OCH3 is 1. The second kappa shape index (κ2) is 8.63. The van der Waals surface area contributed by atoms with Gasteiger partial charge in [-0.3, -0.25) is 4.79 Å². The molecule has 0 saturated carbocycles. The van der Waals surface area contributed by atoms with E-state index < -0.39 is 0 Å². The van der Waals surface area contributed by atoms with Crippen LogP contribution in [0.2, 0.25) is 0 Å². The lowest BCUT2D eigenvalue weighted by Crippen LogP contribution is -2.27.